The van der Waals surface area contributed by atoms with Gasteiger partial charge in [0.25, 0.3) is 0 Å². The third kappa shape index (κ3) is 4.04. The van der Waals surface area contributed by atoms with Crippen LogP contribution in [0.1, 0.15) is 36.8 Å². The van der Waals surface area contributed by atoms with Crippen LogP contribution in [-0.4, -0.2) is 53.2 Å². The standard InChI is InChI=1S/C25H24N2O5/c1-2-3-12-21(23(28)27-14-13-22(27)24(29)30)26-25(31)32-15-20-18-10-6-4-8-16(18)17-9-5-7-11-19(17)20/h4-11,20-22H,12-15H2,1H3,(H,26,31)(H,29,30). The van der Waals surface area contributed by atoms with Crippen molar-refractivity contribution >= 4 is 18.0 Å². The Hall–Kier alpha value is -3.79. The predicted molar refractivity (Wildman–Crippen MR) is 118 cm³/mol. The van der Waals surface area contributed by atoms with E-state index in [1.165, 1.54) is 4.90 Å². The van der Waals surface area contributed by atoms with Crippen molar-refractivity contribution in [3.05, 3.63) is 59.7 Å². The average molecular weight is 432 g/mol. The van der Waals surface area contributed by atoms with Gasteiger partial charge in [-0.1, -0.05) is 48.5 Å². The van der Waals surface area contributed by atoms with Crippen LogP contribution in [0.2, 0.25) is 0 Å². The van der Waals surface area contributed by atoms with E-state index in [1.807, 2.05) is 36.4 Å². The fourth-order valence-electron chi connectivity index (χ4n) is 4.29. The number of nitrogens with one attached hydrogen (secondary N) is 1. The normalized spacial score (nSPS) is 17.2. The molecule has 2 unspecified atom stereocenters. The van der Waals surface area contributed by atoms with Crippen molar-refractivity contribution in [1.29, 1.82) is 0 Å². The maximum Gasteiger partial charge on any atom is 0.407 e. The molecule has 2 amide bonds. The minimum Gasteiger partial charge on any atom is -0.480 e. The molecule has 0 saturated carbocycles. The smallest absolute Gasteiger partial charge is 0.407 e. The zero-order valence-electron chi connectivity index (χ0n) is 17.7. The van der Waals surface area contributed by atoms with Gasteiger partial charge in [-0.15, -0.1) is 11.8 Å². The average Bonchev–Trinajstić information content (AvgIpc) is 3.07. The van der Waals surface area contributed by atoms with Crippen LogP contribution in [0.15, 0.2) is 48.5 Å². The molecule has 7 heteroatoms. The van der Waals surface area contributed by atoms with Crippen molar-refractivity contribution in [2.75, 3.05) is 13.2 Å². The quantitative estimate of drug-likeness (QED) is 0.684. The summed E-state index contributed by atoms with van der Waals surface area (Å²) in [7, 11) is 0. The summed E-state index contributed by atoms with van der Waals surface area (Å²) in [5.74, 6) is 3.89. The Morgan fingerprint density at radius 1 is 1.12 bits per heavy atom. The Balaban J connectivity index is 1.43. The highest BCUT2D eigenvalue weighted by atomic mass is 16.5. The number of benzene rings is 2. The van der Waals surface area contributed by atoms with Crippen LogP contribution in [0, 0.1) is 11.8 Å². The molecule has 32 heavy (non-hydrogen) atoms. The predicted octanol–water partition coefficient (Wildman–Crippen LogP) is 2.99. The van der Waals surface area contributed by atoms with Crippen molar-refractivity contribution in [2.24, 2.45) is 0 Å². The molecule has 1 fully saturated rings. The highest BCUT2D eigenvalue weighted by Gasteiger charge is 2.40. The summed E-state index contributed by atoms with van der Waals surface area (Å²) in [6, 6.07) is 14.2. The number of fused-ring (bicyclic) bond motifs is 3. The van der Waals surface area contributed by atoms with Crippen molar-refractivity contribution < 1.29 is 24.2 Å². The topological polar surface area (TPSA) is 95.9 Å². The molecule has 7 nitrogen and oxygen atoms in total. The second kappa shape index (κ2) is 9.15. The van der Waals surface area contributed by atoms with E-state index in [2.05, 4.69) is 29.3 Å². The third-order valence-electron chi connectivity index (χ3n) is 6.00. The molecular weight excluding hydrogens is 408 g/mol. The van der Waals surface area contributed by atoms with Gasteiger partial charge in [0.05, 0.1) is 0 Å². The second-order valence-corrected chi connectivity index (χ2v) is 7.83. The first kappa shape index (κ1) is 21.4. The van der Waals surface area contributed by atoms with Gasteiger partial charge in [0.2, 0.25) is 5.91 Å². The van der Waals surface area contributed by atoms with Crippen LogP contribution in [0.4, 0.5) is 4.79 Å². The summed E-state index contributed by atoms with van der Waals surface area (Å²) >= 11 is 0. The number of ether oxygens (including phenoxy) is 1. The summed E-state index contributed by atoms with van der Waals surface area (Å²) in [6.07, 6.45) is -0.240. The van der Waals surface area contributed by atoms with Gasteiger partial charge in [-0.05, 0) is 35.6 Å². The summed E-state index contributed by atoms with van der Waals surface area (Å²) in [6.45, 7) is 2.11. The minimum absolute atomic E-state index is 0.0857. The number of likely N-dealkylation sites (tertiary alicyclic amines) is 1. The Morgan fingerprint density at radius 2 is 1.75 bits per heavy atom. The van der Waals surface area contributed by atoms with Gasteiger partial charge in [0.1, 0.15) is 18.7 Å². The molecule has 2 atom stereocenters. The maximum absolute atomic E-state index is 12.8. The van der Waals surface area contributed by atoms with Gasteiger partial charge in [-0.3, -0.25) is 4.79 Å². The first-order valence-electron chi connectivity index (χ1n) is 10.6. The Labute approximate surface area is 186 Å². The van der Waals surface area contributed by atoms with E-state index >= 15 is 0 Å². The van der Waals surface area contributed by atoms with Crippen LogP contribution in [0.5, 0.6) is 0 Å². The zero-order chi connectivity index (χ0) is 22.7. The molecule has 2 aliphatic rings. The first-order valence-corrected chi connectivity index (χ1v) is 10.6. The molecule has 1 aliphatic carbocycles. The molecule has 2 N–H and O–H groups in total. The van der Waals surface area contributed by atoms with Gasteiger partial charge < -0.3 is 20.1 Å². The van der Waals surface area contributed by atoms with Gasteiger partial charge in [0.15, 0.2) is 0 Å². The van der Waals surface area contributed by atoms with Gasteiger partial charge >= 0.3 is 12.1 Å². The van der Waals surface area contributed by atoms with Crippen molar-refractivity contribution in [3.63, 3.8) is 0 Å². The van der Waals surface area contributed by atoms with Crippen LogP contribution in [0.25, 0.3) is 11.1 Å². The van der Waals surface area contributed by atoms with E-state index in [1.54, 1.807) is 6.92 Å². The lowest BCUT2D eigenvalue weighted by atomic mass is 9.98. The van der Waals surface area contributed by atoms with E-state index in [9.17, 15) is 19.5 Å². The van der Waals surface area contributed by atoms with Crippen molar-refractivity contribution in [3.8, 4) is 23.0 Å². The molecule has 4 rings (SSSR count). The monoisotopic (exact) mass is 432 g/mol. The molecular formula is C25H24N2O5. The lowest BCUT2D eigenvalue weighted by molar-refractivity contribution is -0.158. The molecule has 2 aromatic rings. The number of carbonyl (C=O) groups is 3. The molecule has 1 heterocycles. The first-order chi connectivity index (χ1) is 15.5. The lowest BCUT2D eigenvalue weighted by Crippen LogP contribution is -2.60. The van der Waals surface area contributed by atoms with Crippen molar-refractivity contribution in [1.82, 2.24) is 10.2 Å². The highest BCUT2D eigenvalue weighted by Crippen LogP contribution is 2.44. The second-order valence-electron chi connectivity index (χ2n) is 7.83. The molecule has 2 aromatic carbocycles. The largest absolute Gasteiger partial charge is 0.480 e. The molecule has 1 saturated heterocycles. The maximum atomic E-state index is 12.8. The number of hydrogen-bond donors (Lipinski definition) is 2. The van der Waals surface area contributed by atoms with E-state index in [4.69, 9.17) is 4.74 Å². The number of alkyl carbamates (subject to hydrolysis) is 1. The van der Waals surface area contributed by atoms with Crippen LogP contribution in [-0.2, 0) is 14.3 Å². The summed E-state index contributed by atoms with van der Waals surface area (Å²) in [5.41, 5.74) is 4.44. The molecule has 0 bridgehead atoms. The SMILES string of the molecule is CC#CCC(NC(=O)OCC1c2ccccc2-c2ccccc21)C(=O)N1CCC1C(=O)O. The molecule has 164 valence electrons. The number of aliphatic carboxylic acids is 1. The fraction of sp³-hybridized carbons (Fsp3) is 0.320. The Kier molecular flexibility index (Phi) is 6.13. The van der Waals surface area contributed by atoms with Gasteiger partial charge in [-0.25, -0.2) is 9.59 Å². The molecule has 0 spiro atoms. The van der Waals surface area contributed by atoms with Gasteiger partial charge in [0, 0.05) is 18.9 Å². The number of carbonyl (C=O) groups excluding carboxylic acids is 2. The molecule has 0 aromatic heterocycles. The van der Waals surface area contributed by atoms with E-state index in [0.29, 0.717) is 13.0 Å². The summed E-state index contributed by atoms with van der Waals surface area (Å²) in [5, 5.41) is 11.8. The number of nitrogens with zero attached hydrogens (tertiary/aromatic N) is 1. The third-order valence-corrected chi connectivity index (χ3v) is 6.00. The number of amides is 2. The highest BCUT2D eigenvalue weighted by molar-refractivity contribution is 5.90. The van der Waals surface area contributed by atoms with Crippen LogP contribution in [0.3, 0.4) is 0 Å². The number of carboxylic acids is 1. The van der Waals surface area contributed by atoms with Crippen LogP contribution >= 0.6 is 0 Å². The number of carboxylic acid groups (broad SMARTS) is 1. The van der Waals surface area contributed by atoms with E-state index < -0.39 is 30.1 Å². The van der Waals surface area contributed by atoms with Crippen molar-refractivity contribution in [2.45, 2.75) is 37.8 Å². The number of rotatable bonds is 6. The zero-order valence-corrected chi connectivity index (χ0v) is 17.7. The Bertz CT molecular complexity index is 1070. The van der Waals surface area contributed by atoms with E-state index in [-0.39, 0.29) is 18.9 Å². The van der Waals surface area contributed by atoms with Crippen LogP contribution < -0.4 is 5.32 Å². The minimum atomic E-state index is -1.05. The Morgan fingerprint density at radius 3 is 2.28 bits per heavy atom. The number of hydrogen-bond acceptors (Lipinski definition) is 4. The van der Waals surface area contributed by atoms with E-state index in [0.717, 1.165) is 22.3 Å². The van der Waals surface area contributed by atoms with Gasteiger partial charge in [-0.2, -0.15) is 0 Å². The summed E-state index contributed by atoms with van der Waals surface area (Å²) in [4.78, 5) is 37.9. The molecule has 1 aliphatic heterocycles. The lowest BCUT2D eigenvalue weighted by Gasteiger charge is -2.39. The summed E-state index contributed by atoms with van der Waals surface area (Å²) < 4.78 is 5.52. The molecule has 0 radical (unpaired) electrons. The fourth-order valence-corrected chi connectivity index (χ4v) is 4.29.